The molecule has 142 valence electrons. The molecule has 1 aromatic carbocycles. The van der Waals surface area contributed by atoms with E-state index in [2.05, 4.69) is 31.4 Å². The van der Waals surface area contributed by atoms with Gasteiger partial charge in [0.05, 0.1) is 34.9 Å². The van der Waals surface area contributed by atoms with Gasteiger partial charge in [0.1, 0.15) is 11.5 Å². The Morgan fingerprint density at radius 3 is 2.83 bits per heavy atom. The number of carboxylic acid groups (broad SMARTS) is 1. The SMILES string of the molecule is C#Cc1cc(NC(=O)c2ccn3c(-c4cn[nH]c4)cnc3n2)c(C(=O)O)cc1F. The van der Waals surface area contributed by atoms with Gasteiger partial charge in [0.25, 0.3) is 5.91 Å². The van der Waals surface area contributed by atoms with Crippen molar-refractivity contribution in [2.45, 2.75) is 0 Å². The molecule has 0 aliphatic rings. The molecule has 1 amide bonds. The molecular weight excluding hydrogens is 379 g/mol. The van der Waals surface area contributed by atoms with E-state index >= 15 is 0 Å². The summed E-state index contributed by atoms with van der Waals surface area (Å²) < 4.78 is 15.5. The fraction of sp³-hybridized carbons (Fsp3) is 0. The van der Waals surface area contributed by atoms with Gasteiger partial charge in [-0.2, -0.15) is 5.10 Å². The first-order valence-electron chi connectivity index (χ1n) is 8.16. The van der Waals surface area contributed by atoms with Crippen molar-refractivity contribution in [2.75, 3.05) is 5.32 Å². The molecule has 29 heavy (non-hydrogen) atoms. The molecule has 0 fully saturated rings. The summed E-state index contributed by atoms with van der Waals surface area (Å²) in [6, 6.07) is 3.29. The van der Waals surface area contributed by atoms with Crippen LogP contribution in [0.2, 0.25) is 0 Å². The third-order valence-electron chi connectivity index (χ3n) is 4.15. The number of hydrogen-bond donors (Lipinski definition) is 3. The van der Waals surface area contributed by atoms with Gasteiger partial charge in [-0.05, 0) is 18.2 Å². The molecule has 0 bridgehead atoms. The average Bonchev–Trinajstić information content (AvgIpc) is 3.37. The van der Waals surface area contributed by atoms with Gasteiger partial charge in [-0.1, -0.05) is 5.92 Å². The normalized spacial score (nSPS) is 10.6. The molecular formula is C19H11FN6O3. The first kappa shape index (κ1) is 17.9. The molecule has 0 aliphatic heterocycles. The number of nitrogens with one attached hydrogen (secondary N) is 2. The van der Waals surface area contributed by atoms with E-state index in [0.29, 0.717) is 0 Å². The second-order valence-corrected chi connectivity index (χ2v) is 5.89. The lowest BCUT2D eigenvalue weighted by molar-refractivity contribution is 0.0697. The highest BCUT2D eigenvalue weighted by molar-refractivity contribution is 6.07. The predicted molar refractivity (Wildman–Crippen MR) is 99.8 cm³/mol. The monoisotopic (exact) mass is 390 g/mol. The van der Waals surface area contributed by atoms with Crippen molar-refractivity contribution in [1.29, 1.82) is 0 Å². The number of nitrogens with zero attached hydrogens (tertiary/aromatic N) is 4. The van der Waals surface area contributed by atoms with Gasteiger partial charge >= 0.3 is 5.97 Å². The summed E-state index contributed by atoms with van der Waals surface area (Å²) in [5, 5.41) is 18.3. The number of fused-ring (bicyclic) bond motifs is 1. The van der Waals surface area contributed by atoms with E-state index in [1.54, 1.807) is 29.2 Å². The number of terminal acetylenes is 1. The number of carbonyl (C=O) groups is 2. The first-order chi connectivity index (χ1) is 14.0. The standard InChI is InChI=1S/C19H11FN6O3/c1-2-10-5-15(12(18(28)29)6-13(10)20)24-17(27)14-3-4-26-16(9-21-19(26)25-14)11-7-22-23-8-11/h1,3-9H,(H,22,23)(H,24,27)(H,28,29). The van der Waals surface area contributed by atoms with Gasteiger partial charge in [0, 0.05) is 18.0 Å². The Bertz CT molecular complexity index is 1300. The van der Waals surface area contributed by atoms with Crippen LogP contribution in [0.15, 0.2) is 43.0 Å². The van der Waals surface area contributed by atoms with E-state index < -0.39 is 23.3 Å². The highest BCUT2D eigenvalue weighted by Crippen LogP contribution is 2.22. The van der Waals surface area contributed by atoms with Crippen LogP contribution >= 0.6 is 0 Å². The molecule has 10 heteroatoms. The Kier molecular flexibility index (Phi) is 4.25. The zero-order valence-electron chi connectivity index (χ0n) is 14.5. The highest BCUT2D eigenvalue weighted by atomic mass is 19.1. The van der Waals surface area contributed by atoms with Crippen molar-refractivity contribution < 1.29 is 19.1 Å². The molecule has 4 aromatic rings. The van der Waals surface area contributed by atoms with E-state index in [1.807, 2.05) is 0 Å². The van der Waals surface area contributed by atoms with Crippen LogP contribution in [-0.2, 0) is 0 Å². The first-order valence-corrected chi connectivity index (χ1v) is 8.16. The lowest BCUT2D eigenvalue weighted by Gasteiger charge is -2.10. The van der Waals surface area contributed by atoms with Crippen molar-refractivity contribution in [2.24, 2.45) is 0 Å². The van der Waals surface area contributed by atoms with Crippen LogP contribution in [0.1, 0.15) is 26.4 Å². The zero-order valence-corrected chi connectivity index (χ0v) is 14.5. The Morgan fingerprint density at radius 1 is 1.31 bits per heavy atom. The number of carboxylic acids is 1. The van der Waals surface area contributed by atoms with E-state index in [9.17, 15) is 19.1 Å². The Balaban J connectivity index is 1.68. The van der Waals surface area contributed by atoms with Crippen molar-refractivity contribution in [3.63, 3.8) is 0 Å². The number of rotatable bonds is 4. The number of amides is 1. The van der Waals surface area contributed by atoms with Crippen LogP contribution in [0.5, 0.6) is 0 Å². The van der Waals surface area contributed by atoms with Crippen LogP contribution in [0.4, 0.5) is 10.1 Å². The van der Waals surface area contributed by atoms with Gasteiger partial charge < -0.3 is 10.4 Å². The van der Waals surface area contributed by atoms with Gasteiger partial charge in [0.2, 0.25) is 5.78 Å². The summed E-state index contributed by atoms with van der Waals surface area (Å²) in [6.07, 6.45) is 11.7. The molecule has 0 atom stereocenters. The molecule has 0 saturated carbocycles. The quantitative estimate of drug-likeness (QED) is 0.459. The number of hydrogen-bond acceptors (Lipinski definition) is 5. The molecule has 9 nitrogen and oxygen atoms in total. The zero-order chi connectivity index (χ0) is 20.5. The maximum Gasteiger partial charge on any atom is 0.337 e. The summed E-state index contributed by atoms with van der Waals surface area (Å²) in [6.45, 7) is 0. The van der Waals surface area contributed by atoms with E-state index in [0.717, 1.165) is 23.4 Å². The van der Waals surface area contributed by atoms with Gasteiger partial charge in [0.15, 0.2) is 0 Å². The predicted octanol–water partition coefficient (Wildman–Crippen LogP) is 2.19. The van der Waals surface area contributed by atoms with Gasteiger partial charge in [-0.15, -0.1) is 6.42 Å². The fourth-order valence-electron chi connectivity index (χ4n) is 2.75. The molecule has 0 saturated heterocycles. The lowest BCUT2D eigenvalue weighted by Crippen LogP contribution is -2.17. The van der Waals surface area contributed by atoms with Crippen LogP contribution in [-0.4, -0.2) is 41.5 Å². The van der Waals surface area contributed by atoms with Crippen molar-refractivity contribution in [3.05, 3.63) is 65.6 Å². The summed E-state index contributed by atoms with van der Waals surface area (Å²) in [5.41, 5.74) is 0.755. The minimum Gasteiger partial charge on any atom is -0.478 e. The Morgan fingerprint density at radius 2 is 2.14 bits per heavy atom. The minimum atomic E-state index is -1.41. The minimum absolute atomic E-state index is 0.00948. The van der Waals surface area contributed by atoms with Crippen molar-refractivity contribution >= 4 is 23.3 Å². The van der Waals surface area contributed by atoms with Crippen LogP contribution in [0.3, 0.4) is 0 Å². The number of aromatic amines is 1. The Labute approximate surface area is 162 Å². The summed E-state index contributed by atoms with van der Waals surface area (Å²) in [5.74, 6) is -0.619. The summed E-state index contributed by atoms with van der Waals surface area (Å²) in [4.78, 5) is 32.3. The average molecular weight is 390 g/mol. The molecule has 3 heterocycles. The number of halogens is 1. The molecule has 0 unspecified atom stereocenters. The van der Waals surface area contributed by atoms with E-state index in [1.165, 1.54) is 6.07 Å². The number of anilines is 1. The topological polar surface area (TPSA) is 125 Å². The number of carbonyl (C=O) groups excluding carboxylic acids is 1. The smallest absolute Gasteiger partial charge is 0.337 e. The molecule has 0 spiro atoms. The molecule has 3 aromatic heterocycles. The largest absolute Gasteiger partial charge is 0.478 e. The fourth-order valence-corrected chi connectivity index (χ4v) is 2.75. The van der Waals surface area contributed by atoms with E-state index in [-0.39, 0.29) is 22.7 Å². The third kappa shape index (κ3) is 3.17. The van der Waals surface area contributed by atoms with Gasteiger partial charge in [-0.25, -0.2) is 19.2 Å². The van der Waals surface area contributed by atoms with E-state index in [4.69, 9.17) is 6.42 Å². The van der Waals surface area contributed by atoms with Crippen LogP contribution in [0, 0.1) is 18.2 Å². The maximum atomic E-state index is 13.8. The Hall–Kier alpha value is -4.52. The number of H-pyrrole nitrogens is 1. The van der Waals surface area contributed by atoms with Crippen LogP contribution < -0.4 is 5.32 Å². The number of aromatic nitrogens is 5. The highest BCUT2D eigenvalue weighted by Gasteiger charge is 2.18. The van der Waals surface area contributed by atoms with Crippen molar-refractivity contribution in [1.82, 2.24) is 24.6 Å². The molecule has 4 rings (SSSR count). The number of aromatic carboxylic acids is 1. The van der Waals surface area contributed by atoms with Crippen molar-refractivity contribution in [3.8, 4) is 23.6 Å². The second kappa shape index (κ2) is 6.90. The molecule has 3 N–H and O–H groups in total. The third-order valence-corrected chi connectivity index (χ3v) is 4.15. The maximum absolute atomic E-state index is 13.8. The number of benzene rings is 1. The summed E-state index contributed by atoms with van der Waals surface area (Å²) in [7, 11) is 0. The van der Waals surface area contributed by atoms with Crippen LogP contribution in [0.25, 0.3) is 17.0 Å². The molecule has 0 radical (unpaired) electrons. The van der Waals surface area contributed by atoms with Gasteiger partial charge in [-0.3, -0.25) is 14.3 Å². The number of imidazole rings is 1. The summed E-state index contributed by atoms with van der Waals surface area (Å²) >= 11 is 0. The lowest BCUT2D eigenvalue weighted by atomic mass is 10.1. The second-order valence-electron chi connectivity index (χ2n) is 5.89. The molecule has 0 aliphatic carbocycles.